The number of likely N-dealkylation sites (tertiary alicyclic amines) is 1. The van der Waals surface area contributed by atoms with Crippen LogP contribution >= 0.6 is 11.3 Å². The van der Waals surface area contributed by atoms with Crippen molar-refractivity contribution in [3.05, 3.63) is 47.0 Å². The van der Waals surface area contributed by atoms with Crippen molar-refractivity contribution in [2.24, 2.45) is 0 Å². The minimum Gasteiger partial charge on any atom is -0.493 e. The van der Waals surface area contributed by atoms with Crippen LogP contribution in [0.15, 0.2) is 36.4 Å². The molecule has 1 fully saturated rings. The highest BCUT2D eigenvalue weighted by Crippen LogP contribution is 2.36. The number of piperidine rings is 1. The topological polar surface area (TPSA) is 80.8 Å². The van der Waals surface area contributed by atoms with E-state index in [4.69, 9.17) is 14.5 Å². The molecule has 1 aromatic heterocycles. The number of thiazole rings is 1. The number of rotatable bonds is 5. The Morgan fingerprint density at radius 3 is 2.61 bits per heavy atom. The van der Waals surface area contributed by atoms with Crippen molar-refractivity contribution in [3.8, 4) is 11.5 Å². The lowest BCUT2D eigenvalue weighted by Gasteiger charge is -2.32. The molecule has 162 valence electrons. The maximum Gasteiger partial charge on any atom is 0.256 e. The van der Waals surface area contributed by atoms with E-state index in [1.165, 1.54) is 21.1 Å². The molecule has 1 aliphatic rings. The molecular weight excluding hydrogens is 414 g/mol. The van der Waals surface area contributed by atoms with Crippen molar-refractivity contribution in [2.75, 3.05) is 32.6 Å². The number of hydrogen-bond acceptors (Lipinski definition) is 6. The van der Waals surface area contributed by atoms with Gasteiger partial charge in [0.2, 0.25) is 5.91 Å². The van der Waals surface area contributed by atoms with Crippen LogP contribution in [-0.4, -0.2) is 49.0 Å². The zero-order valence-electron chi connectivity index (χ0n) is 17.8. The maximum atomic E-state index is 13.5. The first-order chi connectivity index (χ1) is 15.0. The smallest absolute Gasteiger partial charge is 0.256 e. The van der Waals surface area contributed by atoms with Gasteiger partial charge < -0.3 is 19.7 Å². The Morgan fingerprint density at radius 1 is 1.16 bits per heavy atom. The van der Waals surface area contributed by atoms with Gasteiger partial charge in [0.25, 0.3) is 5.91 Å². The molecule has 1 saturated heterocycles. The molecule has 31 heavy (non-hydrogen) atoms. The minimum absolute atomic E-state index is 0.143. The second kappa shape index (κ2) is 8.93. The molecule has 1 N–H and O–H groups in total. The molecule has 0 bridgehead atoms. The molecule has 2 amide bonds. The van der Waals surface area contributed by atoms with Gasteiger partial charge in [-0.3, -0.25) is 9.59 Å². The first-order valence-electron chi connectivity index (χ1n) is 10.2. The fourth-order valence-corrected chi connectivity index (χ4v) is 5.04. The van der Waals surface area contributed by atoms with Crippen molar-refractivity contribution < 1.29 is 19.1 Å². The van der Waals surface area contributed by atoms with E-state index in [9.17, 15) is 9.59 Å². The van der Waals surface area contributed by atoms with Crippen molar-refractivity contribution >= 4 is 39.1 Å². The maximum absolute atomic E-state index is 13.5. The highest BCUT2D eigenvalue weighted by Gasteiger charge is 2.29. The van der Waals surface area contributed by atoms with Crippen LogP contribution in [0.2, 0.25) is 0 Å². The lowest BCUT2D eigenvalue weighted by Crippen LogP contribution is -2.39. The van der Waals surface area contributed by atoms with Crippen LogP contribution in [-0.2, 0) is 4.79 Å². The Balaban J connectivity index is 1.63. The SMILES string of the molecule is COc1cc(NC(C)=O)c(C(=O)N2CCCC(c3nc4ccccc4s3)C2)cc1OC. The molecule has 1 atom stereocenters. The van der Waals surface area contributed by atoms with Gasteiger partial charge >= 0.3 is 0 Å². The third kappa shape index (κ3) is 4.34. The van der Waals surface area contributed by atoms with E-state index < -0.39 is 0 Å². The summed E-state index contributed by atoms with van der Waals surface area (Å²) in [6.07, 6.45) is 1.89. The summed E-state index contributed by atoms with van der Waals surface area (Å²) in [4.78, 5) is 31.8. The van der Waals surface area contributed by atoms with Crippen molar-refractivity contribution in [1.29, 1.82) is 0 Å². The van der Waals surface area contributed by atoms with Gasteiger partial charge in [-0.15, -0.1) is 11.3 Å². The number of anilines is 1. The lowest BCUT2D eigenvalue weighted by atomic mass is 9.97. The van der Waals surface area contributed by atoms with E-state index in [-0.39, 0.29) is 17.7 Å². The highest BCUT2D eigenvalue weighted by molar-refractivity contribution is 7.18. The molecule has 0 radical (unpaired) electrons. The number of fused-ring (bicyclic) bond motifs is 1. The standard InChI is InChI=1S/C23H25N3O4S/c1-14(27)24-18-12-20(30-3)19(29-2)11-16(18)23(28)26-10-6-7-15(13-26)22-25-17-8-4-5-9-21(17)31-22/h4-5,8-9,11-12,15H,6-7,10,13H2,1-3H3,(H,24,27). The molecule has 1 aliphatic heterocycles. The Bertz CT molecular complexity index is 1090. The number of amides is 2. The van der Waals surface area contributed by atoms with E-state index in [0.29, 0.717) is 35.8 Å². The molecule has 2 heterocycles. The summed E-state index contributed by atoms with van der Waals surface area (Å²) in [6, 6.07) is 11.4. The normalized spacial score (nSPS) is 16.2. The Labute approximate surface area is 185 Å². The molecule has 1 unspecified atom stereocenters. The zero-order chi connectivity index (χ0) is 22.0. The summed E-state index contributed by atoms with van der Waals surface area (Å²) in [5, 5.41) is 3.81. The predicted molar refractivity (Wildman–Crippen MR) is 121 cm³/mol. The summed E-state index contributed by atoms with van der Waals surface area (Å²) in [5.74, 6) is 0.690. The first kappa shape index (κ1) is 21.1. The number of hydrogen-bond donors (Lipinski definition) is 1. The molecule has 8 heteroatoms. The monoisotopic (exact) mass is 439 g/mol. The number of carbonyl (C=O) groups is 2. The quantitative estimate of drug-likeness (QED) is 0.641. The summed E-state index contributed by atoms with van der Waals surface area (Å²) >= 11 is 1.69. The second-order valence-electron chi connectivity index (χ2n) is 7.54. The lowest BCUT2D eigenvalue weighted by molar-refractivity contribution is -0.114. The van der Waals surface area contributed by atoms with Crippen LogP contribution in [0.4, 0.5) is 5.69 Å². The van der Waals surface area contributed by atoms with Gasteiger partial charge in [-0.2, -0.15) is 0 Å². The van der Waals surface area contributed by atoms with E-state index in [0.717, 1.165) is 28.1 Å². The summed E-state index contributed by atoms with van der Waals surface area (Å²) < 4.78 is 11.9. The van der Waals surface area contributed by atoms with Crippen molar-refractivity contribution in [3.63, 3.8) is 0 Å². The number of benzene rings is 2. The van der Waals surface area contributed by atoms with Crippen LogP contribution < -0.4 is 14.8 Å². The molecular formula is C23H25N3O4S. The van der Waals surface area contributed by atoms with E-state index >= 15 is 0 Å². The minimum atomic E-state index is -0.257. The predicted octanol–water partition coefficient (Wildman–Crippen LogP) is 4.29. The van der Waals surface area contributed by atoms with E-state index in [1.807, 2.05) is 23.1 Å². The van der Waals surface area contributed by atoms with Crippen molar-refractivity contribution in [2.45, 2.75) is 25.7 Å². The number of aromatic nitrogens is 1. The zero-order valence-corrected chi connectivity index (χ0v) is 18.6. The Kier molecular flexibility index (Phi) is 6.08. The molecule has 2 aromatic carbocycles. The molecule has 7 nitrogen and oxygen atoms in total. The van der Waals surface area contributed by atoms with E-state index in [1.54, 1.807) is 23.5 Å². The van der Waals surface area contributed by atoms with Crippen molar-refractivity contribution in [1.82, 2.24) is 9.88 Å². The summed E-state index contributed by atoms with van der Waals surface area (Å²) in [6.45, 7) is 2.66. The van der Waals surface area contributed by atoms with Crippen LogP contribution in [0.25, 0.3) is 10.2 Å². The Hall–Kier alpha value is -3.13. The fourth-order valence-electron chi connectivity index (χ4n) is 3.95. The number of carbonyl (C=O) groups excluding carboxylic acids is 2. The Morgan fingerprint density at radius 2 is 1.90 bits per heavy atom. The highest BCUT2D eigenvalue weighted by atomic mass is 32.1. The first-order valence-corrected chi connectivity index (χ1v) is 11.0. The number of ether oxygens (including phenoxy) is 2. The average Bonchev–Trinajstić information content (AvgIpc) is 3.22. The van der Waals surface area contributed by atoms with Crippen LogP contribution in [0.5, 0.6) is 11.5 Å². The van der Waals surface area contributed by atoms with Gasteiger partial charge in [0.05, 0.1) is 40.7 Å². The summed E-state index contributed by atoms with van der Waals surface area (Å²) in [7, 11) is 3.04. The molecule has 0 saturated carbocycles. The average molecular weight is 440 g/mol. The van der Waals surface area contributed by atoms with Gasteiger partial charge in [-0.25, -0.2) is 4.98 Å². The van der Waals surface area contributed by atoms with Gasteiger partial charge in [-0.05, 0) is 31.0 Å². The third-order valence-corrected chi connectivity index (χ3v) is 6.63. The molecule has 4 rings (SSSR count). The van der Waals surface area contributed by atoms with Crippen LogP contribution in [0, 0.1) is 0 Å². The molecule has 3 aromatic rings. The van der Waals surface area contributed by atoms with Crippen LogP contribution in [0.1, 0.15) is 41.0 Å². The van der Waals surface area contributed by atoms with Gasteiger partial charge in [0.15, 0.2) is 11.5 Å². The third-order valence-electron chi connectivity index (χ3n) is 5.43. The molecule has 0 aliphatic carbocycles. The molecule has 0 spiro atoms. The summed E-state index contributed by atoms with van der Waals surface area (Å²) in [5.41, 5.74) is 1.80. The number of methoxy groups -OCH3 is 2. The van der Waals surface area contributed by atoms with Crippen LogP contribution in [0.3, 0.4) is 0 Å². The van der Waals surface area contributed by atoms with E-state index in [2.05, 4.69) is 11.4 Å². The van der Waals surface area contributed by atoms with Gasteiger partial charge in [0.1, 0.15) is 0 Å². The van der Waals surface area contributed by atoms with Gasteiger partial charge in [-0.1, -0.05) is 12.1 Å². The number of nitrogens with zero attached hydrogens (tertiary/aromatic N) is 2. The fraction of sp³-hybridized carbons (Fsp3) is 0.348. The second-order valence-corrected chi connectivity index (χ2v) is 8.61. The number of para-hydroxylation sites is 1. The largest absolute Gasteiger partial charge is 0.493 e. The van der Waals surface area contributed by atoms with Gasteiger partial charge in [0, 0.05) is 32.0 Å². The number of nitrogens with one attached hydrogen (secondary N) is 1.